The van der Waals surface area contributed by atoms with Crippen molar-refractivity contribution in [3.8, 4) is 11.5 Å². The zero-order valence-corrected chi connectivity index (χ0v) is 9.38. The molecule has 0 aliphatic rings. The van der Waals surface area contributed by atoms with E-state index < -0.39 is 5.82 Å². The molecule has 1 N–H and O–H groups in total. The number of benzene rings is 1. The summed E-state index contributed by atoms with van der Waals surface area (Å²) in [5, 5.41) is 3.02. The van der Waals surface area contributed by atoms with Crippen molar-refractivity contribution in [2.75, 3.05) is 7.05 Å². The van der Waals surface area contributed by atoms with E-state index in [2.05, 4.69) is 10.3 Å². The lowest BCUT2D eigenvalue weighted by Gasteiger charge is -1.97. The Morgan fingerprint density at radius 3 is 3.00 bits per heavy atom. The van der Waals surface area contributed by atoms with Crippen molar-refractivity contribution in [1.29, 1.82) is 0 Å². The van der Waals surface area contributed by atoms with Crippen LogP contribution < -0.4 is 5.32 Å². The minimum absolute atomic E-state index is 0.0610. The maximum atomic E-state index is 12.9. The standard InChI is InChI=1S/C11H10ClFN2O/c1-14-5-8-6-16-11(15-8)7-2-3-10(13)9(12)4-7/h2-4,6,14H,5H2,1H3. The molecule has 1 heterocycles. The topological polar surface area (TPSA) is 38.1 Å². The third-order valence-electron chi connectivity index (χ3n) is 2.08. The Labute approximate surface area is 97.3 Å². The highest BCUT2D eigenvalue weighted by Crippen LogP contribution is 2.24. The van der Waals surface area contributed by atoms with Gasteiger partial charge in [-0.2, -0.15) is 0 Å². The Balaban J connectivity index is 2.31. The number of aromatic nitrogens is 1. The Bertz CT molecular complexity index is 498. The summed E-state index contributed by atoms with van der Waals surface area (Å²) in [6, 6.07) is 4.36. The lowest BCUT2D eigenvalue weighted by molar-refractivity contribution is 0.571. The van der Waals surface area contributed by atoms with Crippen molar-refractivity contribution in [3.63, 3.8) is 0 Å². The Kier molecular flexibility index (Phi) is 3.22. The molecule has 0 saturated heterocycles. The van der Waals surface area contributed by atoms with E-state index in [-0.39, 0.29) is 5.02 Å². The molecule has 3 nitrogen and oxygen atoms in total. The van der Waals surface area contributed by atoms with Crippen molar-refractivity contribution >= 4 is 11.6 Å². The Hall–Kier alpha value is -1.39. The van der Waals surface area contributed by atoms with Crippen LogP contribution in [0.5, 0.6) is 0 Å². The maximum absolute atomic E-state index is 12.9. The summed E-state index contributed by atoms with van der Waals surface area (Å²) >= 11 is 5.67. The summed E-state index contributed by atoms with van der Waals surface area (Å²) in [6.45, 7) is 0.623. The SMILES string of the molecule is CNCc1coc(-c2ccc(F)c(Cl)c2)n1. The molecule has 2 rings (SSSR count). The second kappa shape index (κ2) is 4.63. The van der Waals surface area contributed by atoms with Gasteiger partial charge in [-0.15, -0.1) is 0 Å². The molecule has 0 saturated carbocycles. The van der Waals surface area contributed by atoms with E-state index in [1.807, 2.05) is 7.05 Å². The van der Waals surface area contributed by atoms with E-state index in [0.29, 0.717) is 18.0 Å². The molecule has 16 heavy (non-hydrogen) atoms. The highest BCUT2D eigenvalue weighted by atomic mass is 35.5. The van der Waals surface area contributed by atoms with Crippen molar-refractivity contribution < 1.29 is 8.81 Å². The van der Waals surface area contributed by atoms with Crippen LogP contribution in [0.1, 0.15) is 5.69 Å². The van der Waals surface area contributed by atoms with E-state index >= 15 is 0 Å². The first-order chi connectivity index (χ1) is 7.70. The zero-order chi connectivity index (χ0) is 11.5. The van der Waals surface area contributed by atoms with Gasteiger partial charge in [-0.1, -0.05) is 11.6 Å². The molecular weight excluding hydrogens is 231 g/mol. The first-order valence-electron chi connectivity index (χ1n) is 4.75. The molecule has 0 radical (unpaired) electrons. The fourth-order valence-corrected chi connectivity index (χ4v) is 1.51. The molecule has 84 valence electrons. The van der Waals surface area contributed by atoms with E-state index in [9.17, 15) is 4.39 Å². The fourth-order valence-electron chi connectivity index (χ4n) is 1.33. The number of nitrogens with one attached hydrogen (secondary N) is 1. The van der Waals surface area contributed by atoms with Gasteiger partial charge < -0.3 is 9.73 Å². The van der Waals surface area contributed by atoms with Crippen LogP contribution >= 0.6 is 11.6 Å². The van der Waals surface area contributed by atoms with E-state index in [4.69, 9.17) is 16.0 Å². The second-order valence-corrected chi connectivity index (χ2v) is 3.71. The molecule has 2 aromatic rings. The van der Waals surface area contributed by atoms with Gasteiger partial charge in [0.2, 0.25) is 5.89 Å². The van der Waals surface area contributed by atoms with Gasteiger partial charge in [-0.3, -0.25) is 0 Å². The van der Waals surface area contributed by atoms with Crippen molar-refractivity contribution in [1.82, 2.24) is 10.3 Å². The molecule has 0 aliphatic carbocycles. The molecule has 1 aromatic heterocycles. The van der Waals surface area contributed by atoms with Crippen molar-refractivity contribution in [3.05, 3.63) is 41.0 Å². The van der Waals surface area contributed by atoms with Gasteiger partial charge >= 0.3 is 0 Å². The molecule has 1 aromatic carbocycles. The van der Waals surface area contributed by atoms with Crippen LogP contribution in [-0.4, -0.2) is 12.0 Å². The number of halogens is 2. The quantitative estimate of drug-likeness (QED) is 0.897. The molecule has 0 fully saturated rings. The number of rotatable bonds is 3. The summed E-state index contributed by atoms with van der Waals surface area (Å²) in [6.07, 6.45) is 1.56. The number of hydrogen-bond acceptors (Lipinski definition) is 3. The molecule has 0 aliphatic heterocycles. The van der Waals surface area contributed by atoms with Crippen molar-refractivity contribution in [2.45, 2.75) is 6.54 Å². The normalized spacial score (nSPS) is 10.7. The van der Waals surface area contributed by atoms with Gasteiger partial charge in [0.1, 0.15) is 12.1 Å². The van der Waals surface area contributed by atoms with Crippen LogP contribution in [0.4, 0.5) is 4.39 Å². The molecular formula is C11H10ClFN2O. The van der Waals surface area contributed by atoms with Gasteiger partial charge in [-0.05, 0) is 25.2 Å². The van der Waals surface area contributed by atoms with Gasteiger partial charge in [0.25, 0.3) is 0 Å². The minimum Gasteiger partial charge on any atom is -0.444 e. The summed E-state index contributed by atoms with van der Waals surface area (Å²) in [5.74, 6) is -0.0143. The number of nitrogens with zero attached hydrogens (tertiary/aromatic N) is 1. The van der Waals surface area contributed by atoms with Crippen LogP contribution in [0, 0.1) is 5.82 Å². The van der Waals surface area contributed by atoms with Gasteiger partial charge in [0.15, 0.2) is 0 Å². The molecule has 0 bridgehead atoms. The number of hydrogen-bond donors (Lipinski definition) is 1. The Morgan fingerprint density at radius 1 is 1.50 bits per heavy atom. The monoisotopic (exact) mass is 240 g/mol. The summed E-state index contributed by atoms with van der Waals surface area (Å²) in [4.78, 5) is 4.23. The lowest BCUT2D eigenvalue weighted by atomic mass is 10.2. The smallest absolute Gasteiger partial charge is 0.226 e. The second-order valence-electron chi connectivity index (χ2n) is 3.30. The van der Waals surface area contributed by atoms with Crippen LogP contribution in [0.25, 0.3) is 11.5 Å². The summed E-state index contributed by atoms with van der Waals surface area (Å²) in [7, 11) is 1.82. The fraction of sp³-hybridized carbons (Fsp3) is 0.182. The molecule has 0 spiro atoms. The van der Waals surface area contributed by atoms with E-state index in [1.165, 1.54) is 12.1 Å². The van der Waals surface area contributed by atoms with Crippen LogP contribution in [-0.2, 0) is 6.54 Å². The predicted molar refractivity (Wildman–Crippen MR) is 59.7 cm³/mol. The van der Waals surface area contributed by atoms with Gasteiger partial charge in [0.05, 0.1) is 10.7 Å². The average Bonchev–Trinajstić information content (AvgIpc) is 2.71. The summed E-state index contributed by atoms with van der Waals surface area (Å²) in [5.41, 5.74) is 1.45. The van der Waals surface area contributed by atoms with Crippen LogP contribution in [0.3, 0.4) is 0 Å². The van der Waals surface area contributed by atoms with Crippen LogP contribution in [0.2, 0.25) is 5.02 Å². The molecule has 0 unspecified atom stereocenters. The first kappa shape index (κ1) is 11.1. The van der Waals surface area contributed by atoms with E-state index in [0.717, 1.165) is 5.69 Å². The van der Waals surface area contributed by atoms with Crippen LogP contribution in [0.15, 0.2) is 28.9 Å². The Morgan fingerprint density at radius 2 is 2.31 bits per heavy atom. The first-order valence-corrected chi connectivity index (χ1v) is 5.13. The summed E-state index contributed by atoms with van der Waals surface area (Å²) < 4.78 is 18.2. The highest BCUT2D eigenvalue weighted by molar-refractivity contribution is 6.31. The van der Waals surface area contributed by atoms with E-state index in [1.54, 1.807) is 12.3 Å². The lowest BCUT2D eigenvalue weighted by Crippen LogP contribution is -2.04. The molecule has 0 atom stereocenters. The van der Waals surface area contributed by atoms with Gasteiger partial charge in [-0.25, -0.2) is 9.37 Å². The van der Waals surface area contributed by atoms with Gasteiger partial charge in [0, 0.05) is 12.1 Å². The minimum atomic E-state index is -0.451. The average molecular weight is 241 g/mol. The molecule has 0 amide bonds. The molecule has 5 heteroatoms. The number of oxazole rings is 1. The largest absolute Gasteiger partial charge is 0.444 e. The third kappa shape index (κ3) is 2.23. The highest BCUT2D eigenvalue weighted by Gasteiger charge is 2.08. The maximum Gasteiger partial charge on any atom is 0.226 e. The van der Waals surface area contributed by atoms with Crippen molar-refractivity contribution in [2.24, 2.45) is 0 Å². The third-order valence-corrected chi connectivity index (χ3v) is 2.37. The zero-order valence-electron chi connectivity index (χ0n) is 8.63. The predicted octanol–water partition coefficient (Wildman–Crippen LogP) is 2.85.